The van der Waals surface area contributed by atoms with E-state index in [1.807, 2.05) is 31.2 Å². The van der Waals surface area contributed by atoms with E-state index in [0.29, 0.717) is 44.0 Å². The van der Waals surface area contributed by atoms with Gasteiger partial charge < -0.3 is 9.47 Å². The van der Waals surface area contributed by atoms with Crippen LogP contribution in [0.25, 0.3) is 6.08 Å². The third-order valence-corrected chi connectivity index (χ3v) is 6.15. The lowest BCUT2D eigenvalue weighted by molar-refractivity contribution is -0.121. The lowest BCUT2D eigenvalue weighted by atomic mass is 10.1. The minimum absolute atomic E-state index is 0.104. The lowest BCUT2D eigenvalue weighted by Gasteiger charge is -2.13. The number of carbonyl (C=O) groups excluding carboxylic acids is 1. The molecule has 2 aromatic carbocycles. The van der Waals surface area contributed by atoms with Crippen molar-refractivity contribution in [3.05, 3.63) is 62.5 Å². The number of nitrogens with zero attached hydrogens (tertiary/aromatic N) is 1. The van der Waals surface area contributed by atoms with Crippen LogP contribution in [0, 0.1) is 0 Å². The second-order valence-corrected chi connectivity index (χ2v) is 8.41. The van der Waals surface area contributed by atoms with Crippen LogP contribution in [0.3, 0.4) is 0 Å². The second-order valence-electron chi connectivity index (χ2n) is 5.92. The zero-order chi connectivity index (χ0) is 20.3. The first kappa shape index (κ1) is 21.0. The number of benzene rings is 2. The summed E-state index contributed by atoms with van der Waals surface area (Å²) in [6.45, 7) is 2.71. The van der Waals surface area contributed by atoms with Crippen LogP contribution < -0.4 is 9.47 Å². The maximum Gasteiger partial charge on any atom is 0.265 e. The minimum atomic E-state index is -0.104. The molecule has 1 amide bonds. The Morgan fingerprint density at radius 1 is 1.11 bits per heavy atom. The van der Waals surface area contributed by atoms with Crippen molar-refractivity contribution < 1.29 is 14.3 Å². The molecule has 28 heavy (non-hydrogen) atoms. The van der Waals surface area contributed by atoms with E-state index < -0.39 is 0 Å². The summed E-state index contributed by atoms with van der Waals surface area (Å²) in [6, 6.07) is 10.9. The Hall–Kier alpha value is -1.73. The predicted molar refractivity (Wildman–Crippen MR) is 119 cm³/mol. The molecule has 0 atom stereocenters. The number of carbonyl (C=O) groups is 1. The average molecular weight is 454 g/mol. The number of hydrogen-bond donors (Lipinski definition) is 0. The van der Waals surface area contributed by atoms with Gasteiger partial charge in [-0.25, -0.2) is 0 Å². The van der Waals surface area contributed by atoms with Crippen LogP contribution in [0.2, 0.25) is 10.0 Å². The monoisotopic (exact) mass is 453 g/mol. The number of amides is 1. The number of hydrogen-bond acceptors (Lipinski definition) is 5. The molecule has 0 aromatic heterocycles. The Bertz CT molecular complexity index is 962. The van der Waals surface area contributed by atoms with Crippen LogP contribution in [0.15, 0.2) is 41.3 Å². The van der Waals surface area contributed by atoms with Crippen molar-refractivity contribution in [1.82, 2.24) is 4.90 Å². The molecule has 8 heteroatoms. The zero-order valence-corrected chi connectivity index (χ0v) is 18.3. The molecule has 0 unspecified atom stereocenters. The van der Waals surface area contributed by atoms with Gasteiger partial charge in [0, 0.05) is 7.05 Å². The quantitative estimate of drug-likeness (QED) is 0.407. The van der Waals surface area contributed by atoms with Crippen LogP contribution in [0.1, 0.15) is 18.1 Å². The fourth-order valence-corrected chi connectivity index (χ4v) is 3.99. The number of thioether (sulfide) groups is 1. The van der Waals surface area contributed by atoms with E-state index in [1.165, 1.54) is 16.7 Å². The standard InChI is InChI=1S/C20H17Cl2NO3S2/c1-3-25-17-9-12(10-18-19(24)23(2)20(27)28-18)5-7-16(17)26-11-13-4-6-14(21)15(22)8-13/h4-10H,3,11H2,1-2H3/b18-10-. The second kappa shape index (κ2) is 9.18. The summed E-state index contributed by atoms with van der Waals surface area (Å²) in [4.78, 5) is 14.2. The third kappa shape index (κ3) is 4.81. The number of thiocarbonyl (C=S) groups is 1. The highest BCUT2D eigenvalue weighted by atomic mass is 35.5. The number of ether oxygens (including phenoxy) is 2. The highest BCUT2D eigenvalue weighted by molar-refractivity contribution is 8.26. The third-order valence-electron chi connectivity index (χ3n) is 3.93. The van der Waals surface area contributed by atoms with Crippen molar-refractivity contribution in [3.63, 3.8) is 0 Å². The molecule has 4 nitrogen and oxygen atoms in total. The van der Waals surface area contributed by atoms with Crippen LogP contribution in [0.4, 0.5) is 0 Å². The van der Waals surface area contributed by atoms with Gasteiger partial charge in [-0.3, -0.25) is 9.69 Å². The summed E-state index contributed by atoms with van der Waals surface area (Å²) < 4.78 is 12.2. The van der Waals surface area contributed by atoms with Gasteiger partial charge in [0.25, 0.3) is 5.91 Å². The number of likely N-dealkylation sites (N-methyl/N-ethyl adjacent to an activating group) is 1. The molecule has 0 bridgehead atoms. The molecule has 1 aliphatic rings. The van der Waals surface area contributed by atoms with E-state index in [-0.39, 0.29) is 5.91 Å². The molecule has 0 radical (unpaired) electrons. The maximum atomic E-state index is 12.2. The molecule has 0 aliphatic carbocycles. The van der Waals surface area contributed by atoms with Crippen LogP contribution in [-0.4, -0.2) is 28.8 Å². The highest BCUT2D eigenvalue weighted by Gasteiger charge is 2.28. The van der Waals surface area contributed by atoms with E-state index in [0.717, 1.165) is 11.1 Å². The first-order chi connectivity index (χ1) is 13.4. The normalized spacial score (nSPS) is 15.4. The Morgan fingerprint density at radius 3 is 2.54 bits per heavy atom. The number of halogens is 2. The van der Waals surface area contributed by atoms with E-state index in [2.05, 4.69) is 0 Å². The Morgan fingerprint density at radius 2 is 1.89 bits per heavy atom. The van der Waals surface area contributed by atoms with Crippen molar-refractivity contribution in [1.29, 1.82) is 0 Å². The van der Waals surface area contributed by atoms with Gasteiger partial charge in [0.2, 0.25) is 0 Å². The molecule has 146 valence electrons. The summed E-state index contributed by atoms with van der Waals surface area (Å²) >= 11 is 18.4. The summed E-state index contributed by atoms with van der Waals surface area (Å²) in [5, 5.41) is 0.985. The summed E-state index contributed by atoms with van der Waals surface area (Å²) in [6.07, 6.45) is 1.80. The van der Waals surface area contributed by atoms with Crippen molar-refractivity contribution in [3.8, 4) is 11.5 Å². The fraction of sp³-hybridized carbons (Fsp3) is 0.200. The lowest BCUT2D eigenvalue weighted by Crippen LogP contribution is -2.22. The molecular formula is C20H17Cl2NO3S2. The zero-order valence-electron chi connectivity index (χ0n) is 15.2. The van der Waals surface area contributed by atoms with Crippen molar-refractivity contribution in [2.45, 2.75) is 13.5 Å². The van der Waals surface area contributed by atoms with Crippen LogP contribution >= 0.6 is 47.2 Å². The van der Waals surface area contributed by atoms with Crippen molar-refractivity contribution in [2.75, 3.05) is 13.7 Å². The van der Waals surface area contributed by atoms with Crippen LogP contribution in [-0.2, 0) is 11.4 Å². The van der Waals surface area contributed by atoms with Crippen molar-refractivity contribution in [2.24, 2.45) is 0 Å². The highest BCUT2D eigenvalue weighted by Crippen LogP contribution is 2.34. The Labute approximate surface area is 183 Å². The summed E-state index contributed by atoms with van der Waals surface area (Å²) in [7, 11) is 1.67. The van der Waals surface area contributed by atoms with E-state index in [9.17, 15) is 4.79 Å². The van der Waals surface area contributed by atoms with E-state index in [4.69, 9.17) is 44.9 Å². The molecule has 0 N–H and O–H groups in total. The SMILES string of the molecule is CCOc1cc(/C=C2\SC(=S)N(C)C2=O)ccc1OCc1ccc(Cl)c(Cl)c1. The van der Waals surface area contributed by atoms with Gasteiger partial charge in [0.05, 0.1) is 21.6 Å². The summed E-state index contributed by atoms with van der Waals surface area (Å²) in [5.74, 6) is 1.10. The van der Waals surface area contributed by atoms with Crippen molar-refractivity contribution >= 4 is 63.5 Å². The fourth-order valence-electron chi connectivity index (χ4n) is 2.49. The van der Waals surface area contributed by atoms with Gasteiger partial charge in [-0.15, -0.1) is 0 Å². The largest absolute Gasteiger partial charge is 0.490 e. The smallest absolute Gasteiger partial charge is 0.265 e. The molecule has 1 fully saturated rings. The average Bonchev–Trinajstić information content (AvgIpc) is 2.91. The van der Waals surface area contributed by atoms with Gasteiger partial charge >= 0.3 is 0 Å². The van der Waals surface area contributed by atoms with Crippen LogP contribution in [0.5, 0.6) is 11.5 Å². The molecule has 0 spiro atoms. The first-order valence-corrected chi connectivity index (χ1v) is 10.4. The molecule has 0 saturated carbocycles. The first-order valence-electron chi connectivity index (χ1n) is 8.44. The Kier molecular flexibility index (Phi) is 6.88. The minimum Gasteiger partial charge on any atom is -0.490 e. The van der Waals surface area contributed by atoms with Gasteiger partial charge in [0.1, 0.15) is 10.9 Å². The molecule has 1 saturated heterocycles. The number of rotatable bonds is 6. The van der Waals surface area contributed by atoms with E-state index >= 15 is 0 Å². The van der Waals surface area contributed by atoms with Gasteiger partial charge in [-0.05, 0) is 48.4 Å². The maximum absolute atomic E-state index is 12.2. The van der Waals surface area contributed by atoms with E-state index in [1.54, 1.807) is 25.3 Å². The molecule has 3 rings (SSSR count). The Balaban J connectivity index is 1.80. The molecule has 1 heterocycles. The van der Waals surface area contributed by atoms with Gasteiger partial charge in [-0.1, -0.05) is 59.3 Å². The summed E-state index contributed by atoms with van der Waals surface area (Å²) in [5.41, 5.74) is 1.73. The molecular weight excluding hydrogens is 437 g/mol. The van der Waals surface area contributed by atoms with Gasteiger partial charge in [0.15, 0.2) is 11.5 Å². The molecule has 1 aliphatic heterocycles. The van der Waals surface area contributed by atoms with Gasteiger partial charge in [-0.2, -0.15) is 0 Å². The molecule has 2 aromatic rings. The topological polar surface area (TPSA) is 38.8 Å². The predicted octanol–water partition coefficient (Wildman–Crippen LogP) is 5.80.